The Morgan fingerprint density at radius 3 is 2.54 bits per heavy atom. The van der Waals surface area contributed by atoms with Gasteiger partial charge in [0.25, 0.3) is 0 Å². The highest BCUT2D eigenvalue weighted by Crippen LogP contribution is 2.26. The Hall–Kier alpha value is -2.85. The maximum atomic E-state index is 10.8. The first kappa shape index (κ1) is 16.0. The third-order valence-corrected chi connectivity index (χ3v) is 3.70. The minimum atomic E-state index is -0.764. The van der Waals surface area contributed by atoms with Crippen molar-refractivity contribution in [3.63, 3.8) is 0 Å². The van der Waals surface area contributed by atoms with Crippen molar-refractivity contribution in [2.45, 2.75) is 13.0 Å². The number of aryl methyl sites for hydroxylation is 1. The highest BCUT2D eigenvalue weighted by Gasteiger charge is 2.18. The van der Waals surface area contributed by atoms with Crippen molar-refractivity contribution < 1.29 is 9.84 Å². The molecule has 0 aliphatic heterocycles. The molecule has 3 rings (SSSR count). The monoisotopic (exact) mass is 320 g/mol. The number of hydrogen-bond acceptors (Lipinski definition) is 3. The zero-order valence-corrected chi connectivity index (χ0v) is 13.6. The fourth-order valence-corrected chi connectivity index (χ4v) is 2.56. The maximum Gasteiger partial charge on any atom is 0.121 e. The van der Waals surface area contributed by atoms with Gasteiger partial charge in [-0.05, 0) is 42.8 Å². The summed E-state index contributed by atoms with van der Waals surface area (Å²) in [6.45, 7) is 6.01. The first-order valence-electron chi connectivity index (χ1n) is 7.83. The van der Waals surface area contributed by atoms with Crippen LogP contribution in [0.1, 0.15) is 23.1 Å². The largest absolute Gasteiger partial charge is 0.490 e. The van der Waals surface area contributed by atoms with Gasteiger partial charge < -0.3 is 9.84 Å². The third-order valence-electron chi connectivity index (χ3n) is 3.70. The second-order valence-corrected chi connectivity index (χ2v) is 5.53. The normalized spacial score (nSPS) is 11.9. The molecule has 0 saturated carbocycles. The number of nitrogens with zero attached hydrogens (tertiary/aromatic N) is 2. The zero-order chi connectivity index (χ0) is 16.9. The molecular formula is C20H20N2O2. The van der Waals surface area contributed by atoms with Gasteiger partial charge in [-0.25, -0.2) is 4.68 Å². The second-order valence-electron chi connectivity index (χ2n) is 5.53. The molecule has 0 unspecified atom stereocenters. The molecule has 0 spiro atoms. The predicted molar refractivity (Wildman–Crippen MR) is 94.5 cm³/mol. The molecule has 0 amide bonds. The van der Waals surface area contributed by atoms with Crippen molar-refractivity contribution in [3.05, 3.63) is 90.3 Å². The van der Waals surface area contributed by atoms with Crippen LogP contribution in [-0.4, -0.2) is 21.5 Å². The van der Waals surface area contributed by atoms with Gasteiger partial charge in [0.05, 0.1) is 17.1 Å². The number of rotatable bonds is 6. The molecular weight excluding hydrogens is 300 g/mol. The molecule has 1 heterocycles. The molecule has 3 aromatic rings. The molecule has 4 heteroatoms. The molecule has 1 aromatic heterocycles. The van der Waals surface area contributed by atoms with Crippen molar-refractivity contribution in [2.24, 2.45) is 0 Å². The zero-order valence-electron chi connectivity index (χ0n) is 13.6. The number of para-hydroxylation sites is 1. The van der Waals surface area contributed by atoms with Crippen molar-refractivity contribution in [1.29, 1.82) is 0 Å². The summed E-state index contributed by atoms with van der Waals surface area (Å²) in [5.41, 5.74) is 3.31. The molecule has 1 N–H and O–H groups in total. The lowest BCUT2D eigenvalue weighted by molar-refractivity contribution is 0.212. The van der Waals surface area contributed by atoms with Crippen LogP contribution in [0.15, 0.2) is 73.3 Å². The van der Waals surface area contributed by atoms with Gasteiger partial charge in [-0.3, -0.25) is 0 Å². The van der Waals surface area contributed by atoms with Crippen LogP contribution in [0.25, 0.3) is 5.69 Å². The van der Waals surface area contributed by atoms with Gasteiger partial charge in [-0.2, -0.15) is 5.10 Å². The SMILES string of the molecule is C=CCOc1ccc([C@@H](O)c2cc(C)nn2-c2ccccc2)cc1. The van der Waals surface area contributed by atoms with E-state index >= 15 is 0 Å². The third kappa shape index (κ3) is 3.39. The lowest BCUT2D eigenvalue weighted by atomic mass is 10.1. The average molecular weight is 320 g/mol. The molecule has 24 heavy (non-hydrogen) atoms. The van der Waals surface area contributed by atoms with Crippen LogP contribution < -0.4 is 4.74 Å². The van der Waals surface area contributed by atoms with Crippen LogP contribution >= 0.6 is 0 Å². The van der Waals surface area contributed by atoms with Crippen LogP contribution in [0.4, 0.5) is 0 Å². The molecule has 0 aliphatic carbocycles. The summed E-state index contributed by atoms with van der Waals surface area (Å²) in [7, 11) is 0. The van der Waals surface area contributed by atoms with Gasteiger partial charge in [0, 0.05) is 0 Å². The summed E-state index contributed by atoms with van der Waals surface area (Å²) in [5, 5.41) is 15.3. The van der Waals surface area contributed by atoms with Crippen molar-refractivity contribution in [1.82, 2.24) is 9.78 Å². The Balaban J connectivity index is 1.90. The lowest BCUT2D eigenvalue weighted by Gasteiger charge is -2.14. The van der Waals surface area contributed by atoms with E-state index in [1.807, 2.05) is 67.6 Å². The minimum Gasteiger partial charge on any atom is -0.490 e. The molecule has 0 fully saturated rings. The van der Waals surface area contributed by atoms with Crippen molar-refractivity contribution in [3.8, 4) is 11.4 Å². The molecule has 4 nitrogen and oxygen atoms in total. The topological polar surface area (TPSA) is 47.3 Å². The minimum absolute atomic E-state index is 0.460. The molecule has 0 aliphatic rings. The number of hydrogen-bond donors (Lipinski definition) is 1. The van der Waals surface area contributed by atoms with E-state index in [2.05, 4.69) is 11.7 Å². The standard InChI is InChI=1S/C20H20N2O2/c1-3-13-24-18-11-9-16(10-12-18)20(23)19-14-15(2)21-22(19)17-7-5-4-6-8-17/h3-12,14,20,23H,1,13H2,2H3/t20-/m1/s1. The van der Waals surface area contributed by atoms with E-state index in [0.29, 0.717) is 6.61 Å². The molecule has 1 atom stereocenters. The summed E-state index contributed by atoms with van der Waals surface area (Å²) in [5.74, 6) is 0.749. The first-order valence-corrected chi connectivity index (χ1v) is 7.83. The van der Waals surface area contributed by atoms with Gasteiger partial charge in [-0.1, -0.05) is 43.0 Å². The van der Waals surface area contributed by atoms with Gasteiger partial charge in [0.2, 0.25) is 0 Å². The Morgan fingerprint density at radius 1 is 1.17 bits per heavy atom. The number of aromatic nitrogens is 2. The van der Waals surface area contributed by atoms with Crippen molar-refractivity contribution in [2.75, 3.05) is 6.61 Å². The van der Waals surface area contributed by atoms with E-state index in [1.54, 1.807) is 10.8 Å². The van der Waals surface area contributed by atoms with Crippen LogP contribution in [0.2, 0.25) is 0 Å². The summed E-state index contributed by atoms with van der Waals surface area (Å²) < 4.78 is 7.26. The Morgan fingerprint density at radius 2 is 1.88 bits per heavy atom. The van der Waals surface area contributed by atoms with Crippen LogP contribution in [0.3, 0.4) is 0 Å². The first-order chi connectivity index (χ1) is 11.7. The highest BCUT2D eigenvalue weighted by atomic mass is 16.5. The lowest BCUT2D eigenvalue weighted by Crippen LogP contribution is -2.08. The summed E-state index contributed by atoms with van der Waals surface area (Å²) >= 11 is 0. The van der Waals surface area contributed by atoms with Gasteiger partial charge >= 0.3 is 0 Å². The van der Waals surface area contributed by atoms with Crippen molar-refractivity contribution >= 4 is 0 Å². The van der Waals surface area contributed by atoms with E-state index < -0.39 is 6.10 Å². The molecule has 0 radical (unpaired) electrons. The van der Waals surface area contributed by atoms with Gasteiger partial charge in [-0.15, -0.1) is 0 Å². The van der Waals surface area contributed by atoms with E-state index in [9.17, 15) is 5.11 Å². The number of aliphatic hydroxyl groups excluding tert-OH is 1. The quantitative estimate of drug-likeness (QED) is 0.702. The Bertz CT molecular complexity index is 807. The van der Waals surface area contributed by atoms with Gasteiger partial charge in [0.1, 0.15) is 18.5 Å². The van der Waals surface area contributed by atoms with Crippen LogP contribution in [0.5, 0.6) is 5.75 Å². The van der Waals surface area contributed by atoms with E-state index in [-0.39, 0.29) is 0 Å². The number of benzene rings is 2. The summed E-state index contributed by atoms with van der Waals surface area (Å²) in [6, 6.07) is 19.1. The second kappa shape index (κ2) is 7.15. The fraction of sp³-hybridized carbons (Fsp3) is 0.150. The van der Waals surface area contributed by atoms with Crippen LogP contribution in [0, 0.1) is 6.92 Å². The molecule has 2 aromatic carbocycles. The van der Waals surface area contributed by atoms with E-state index in [4.69, 9.17) is 4.74 Å². The van der Waals surface area contributed by atoms with E-state index in [0.717, 1.165) is 28.4 Å². The smallest absolute Gasteiger partial charge is 0.121 e. The Kier molecular flexibility index (Phi) is 4.77. The summed E-state index contributed by atoms with van der Waals surface area (Å²) in [4.78, 5) is 0. The predicted octanol–water partition coefficient (Wildman–Crippen LogP) is 3.83. The number of ether oxygens (including phenoxy) is 1. The number of aliphatic hydroxyl groups is 1. The van der Waals surface area contributed by atoms with Gasteiger partial charge in [0.15, 0.2) is 0 Å². The molecule has 0 saturated heterocycles. The fourth-order valence-electron chi connectivity index (χ4n) is 2.56. The maximum absolute atomic E-state index is 10.8. The molecule has 0 bridgehead atoms. The summed E-state index contributed by atoms with van der Waals surface area (Å²) in [6.07, 6.45) is 0.934. The molecule has 122 valence electrons. The highest BCUT2D eigenvalue weighted by molar-refractivity contribution is 5.38. The van der Waals surface area contributed by atoms with Crippen LogP contribution in [-0.2, 0) is 0 Å². The average Bonchev–Trinajstić information content (AvgIpc) is 3.02. The Labute approximate surface area is 141 Å². The van der Waals surface area contributed by atoms with E-state index in [1.165, 1.54) is 0 Å².